The van der Waals surface area contributed by atoms with Gasteiger partial charge in [0.1, 0.15) is 5.82 Å². The molecule has 6 nitrogen and oxygen atoms in total. The molecule has 1 amide bonds. The molecule has 1 saturated heterocycles. The molecule has 0 radical (unpaired) electrons. The van der Waals surface area contributed by atoms with Crippen molar-refractivity contribution in [1.29, 1.82) is 0 Å². The summed E-state index contributed by atoms with van der Waals surface area (Å²) >= 11 is 1.30. The number of nitrogens with zero attached hydrogens (tertiary/aromatic N) is 4. The molecule has 1 aliphatic rings. The Labute approximate surface area is 174 Å². The van der Waals surface area contributed by atoms with Crippen LogP contribution in [0.15, 0.2) is 52.5 Å². The van der Waals surface area contributed by atoms with Crippen LogP contribution >= 0.6 is 11.8 Å². The molecule has 1 unspecified atom stereocenters. The summed E-state index contributed by atoms with van der Waals surface area (Å²) in [5.41, 5.74) is 1.46. The molecule has 4 rings (SSSR count). The third kappa shape index (κ3) is 4.19. The number of likely N-dealkylation sites (tertiary alicyclic amines) is 1. The molecule has 1 atom stereocenters. The van der Waals surface area contributed by atoms with Gasteiger partial charge in [0.2, 0.25) is 5.91 Å². The third-order valence-corrected chi connectivity index (χ3v) is 6.13. The first-order chi connectivity index (χ1) is 14.0. The second-order valence-corrected chi connectivity index (χ2v) is 8.56. The number of benzene rings is 1. The summed E-state index contributed by atoms with van der Waals surface area (Å²) in [6, 6.07) is 11.0. The Morgan fingerprint density at radius 3 is 2.90 bits per heavy atom. The quantitative estimate of drug-likeness (QED) is 0.489. The van der Waals surface area contributed by atoms with Gasteiger partial charge in [0.05, 0.1) is 16.7 Å². The number of hydrogen-bond donors (Lipinski definition) is 0. The summed E-state index contributed by atoms with van der Waals surface area (Å²) < 4.78 is 1.52. The van der Waals surface area contributed by atoms with Crippen molar-refractivity contribution in [2.75, 3.05) is 18.8 Å². The van der Waals surface area contributed by atoms with E-state index >= 15 is 0 Å². The number of fused-ring (bicyclic) bond motifs is 1. The number of piperidine rings is 1. The lowest BCUT2D eigenvalue weighted by Gasteiger charge is -2.30. The number of thioether (sulfide) groups is 1. The fraction of sp³-hybridized carbons (Fsp3) is 0.364. The Balaban J connectivity index is 1.70. The lowest BCUT2D eigenvalue weighted by atomic mass is 10.0. The fourth-order valence-electron chi connectivity index (χ4n) is 3.69. The summed E-state index contributed by atoms with van der Waals surface area (Å²) in [7, 11) is 0. The Morgan fingerprint density at radius 2 is 2.10 bits per heavy atom. The number of aryl methyl sites for hydroxylation is 1. The van der Waals surface area contributed by atoms with Crippen LogP contribution in [0, 0.1) is 12.8 Å². The van der Waals surface area contributed by atoms with Crippen molar-refractivity contribution in [2.45, 2.75) is 31.8 Å². The zero-order valence-corrected chi connectivity index (χ0v) is 17.5. The molecule has 3 aromatic rings. The fourth-order valence-corrected chi connectivity index (χ4v) is 4.59. The predicted octanol–water partition coefficient (Wildman–Crippen LogP) is 3.44. The highest BCUT2D eigenvalue weighted by Crippen LogP contribution is 2.23. The van der Waals surface area contributed by atoms with Gasteiger partial charge >= 0.3 is 0 Å². The van der Waals surface area contributed by atoms with Gasteiger partial charge in [0, 0.05) is 19.3 Å². The first kappa shape index (κ1) is 19.6. The van der Waals surface area contributed by atoms with Crippen molar-refractivity contribution in [3.63, 3.8) is 0 Å². The maximum Gasteiger partial charge on any atom is 0.267 e. The molecule has 7 heteroatoms. The molecule has 29 heavy (non-hydrogen) atoms. The molecule has 2 aromatic heterocycles. The molecule has 0 spiro atoms. The first-order valence-corrected chi connectivity index (χ1v) is 10.9. The number of pyridine rings is 1. The van der Waals surface area contributed by atoms with Gasteiger partial charge in [-0.2, -0.15) is 0 Å². The van der Waals surface area contributed by atoms with Gasteiger partial charge in [0.15, 0.2) is 5.16 Å². The monoisotopic (exact) mass is 408 g/mol. The number of hydrogen-bond acceptors (Lipinski definition) is 5. The standard InChI is InChI=1S/C22H24N4O2S/c1-15-9-10-23-19(12-15)26-21(28)17-7-3-4-8-18(17)24-22(26)29-14-20(27)25-11-5-6-16(2)13-25/h3-4,7-10,12,16H,5-6,11,13-14H2,1-2H3. The maximum absolute atomic E-state index is 13.2. The number of carbonyl (C=O) groups excluding carboxylic acids is 1. The maximum atomic E-state index is 13.2. The zero-order valence-electron chi connectivity index (χ0n) is 16.7. The molecule has 1 fully saturated rings. The van der Waals surface area contributed by atoms with Crippen LogP contribution < -0.4 is 5.56 Å². The summed E-state index contributed by atoms with van der Waals surface area (Å²) in [4.78, 5) is 37.0. The molecule has 0 saturated carbocycles. The van der Waals surface area contributed by atoms with Gasteiger partial charge in [-0.25, -0.2) is 14.5 Å². The van der Waals surface area contributed by atoms with Crippen molar-refractivity contribution in [2.24, 2.45) is 5.92 Å². The van der Waals surface area contributed by atoms with E-state index in [0.717, 1.165) is 25.1 Å². The molecular formula is C22H24N4O2S. The van der Waals surface area contributed by atoms with E-state index in [1.54, 1.807) is 12.3 Å². The Bertz CT molecular complexity index is 1110. The molecule has 3 heterocycles. The minimum Gasteiger partial charge on any atom is -0.342 e. The van der Waals surface area contributed by atoms with E-state index in [1.165, 1.54) is 22.7 Å². The molecule has 0 N–H and O–H groups in total. The predicted molar refractivity (Wildman–Crippen MR) is 116 cm³/mol. The zero-order chi connectivity index (χ0) is 20.4. The van der Waals surface area contributed by atoms with E-state index in [4.69, 9.17) is 0 Å². The van der Waals surface area contributed by atoms with E-state index in [2.05, 4.69) is 16.9 Å². The van der Waals surface area contributed by atoms with Crippen molar-refractivity contribution >= 4 is 28.6 Å². The Hall–Kier alpha value is -2.67. The molecule has 0 aliphatic carbocycles. The number of rotatable bonds is 4. The van der Waals surface area contributed by atoms with E-state index in [-0.39, 0.29) is 17.2 Å². The third-order valence-electron chi connectivity index (χ3n) is 5.21. The summed E-state index contributed by atoms with van der Waals surface area (Å²) in [5.74, 6) is 1.40. The van der Waals surface area contributed by atoms with E-state index in [9.17, 15) is 9.59 Å². The molecular weight excluding hydrogens is 384 g/mol. The summed E-state index contributed by atoms with van der Waals surface area (Å²) in [6.45, 7) is 5.75. The average molecular weight is 409 g/mol. The van der Waals surface area contributed by atoms with Gasteiger partial charge in [-0.05, 0) is 55.5 Å². The smallest absolute Gasteiger partial charge is 0.267 e. The number of aromatic nitrogens is 3. The van der Waals surface area contributed by atoms with Crippen LogP contribution in [0.25, 0.3) is 16.7 Å². The highest BCUT2D eigenvalue weighted by atomic mass is 32.2. The van der Waals surface area contributed by atoms with Gasteiger partial charge in [-0.15, -0.1) is 0 Å². The lowest BCUT2D eigenvalue weighted by Crippen LogP contribution is -2.40. The van der Waals surface area contributed by atoms with Crippen LogP contribution in [0.3, 0.4) is 0 Å². The van der Waals surface area contributed by atoms with Gasteiger partial charge in [0.25, 0.3) is 5.56 Å². The highest BCUT2D eigenvalue weighted by Gasteiger charge is 2.22. The number of carbonyl (C=O) groups is 1. The summed E-state index contributed by atoms with van der Waals surface area (Å²) in [5, 5.41) is 1.03. The number of amides is 1. The van der Waals surface area contributed by atoms with Crippen LogP contribution in [-0.4, -0.2) is 44.2 Å². The van der Waals surface area contributed by atoms with Gasteiger partial charge in [-0.3, -0.25) is 9.59 Å². The summed E-state index contributed by atoms with van der Waals surface area (Å²) in [6.07, 6.45) is 3.90. The molecule has 1 aliphatic heterocycles. The van der Waals surface area contributed by atoms with Crippen molar-refractivity contribution < 1.29 is 4.79 Å². The highest BCUT2D eigenvalue weighted by molar-refractivity contribution is 7.99. The van der Waals surface area contributed by atoms with Crippen LogP contribution in [-0.2, 0) is 4.79 Å². The van der Waals surface area contributed by atoms with Gasteiger partial charge < -0.3 is 4.90 Å². The lowest BCUT2D eigenvalue weighted by molar-refractivity contribution is -0.130. The van der Waals surface area contributed by atoms with Crippen LogP contribution in [0.5, 0.6) is 0 Å². The van der Waals surface area contributed by atoms with E-state index in [0.29, 0.717) is 27.8 Å². The normalized spacial score (nSPS) is 16.9. The Morgan fingerprint density at radius 1 is 1.28 bits per heavy atom. The molecule has 0 bridgehead atoms. The topological polar surface area (TPSA) is 68.1 Å². The second kappa shape index (κ2) is 8.37. The molecule has 150 valence electrons. The van der Waals surface area contributed by atoms with Crippen molar-refractivity contribution in [1.82, 2.24) is 19.4 Å². The van der Waals surface area contributed by atoms with E-state index in [1.807, 2.05) is 42.2 Å². The second-order valence-electron chi connectivity index (χ2n) is 7.62. The minimum absolute atomic E-state index is 0.0905. The van der Waals surface area contributed by atoms with Gasteiger partial charge in [-0.1, -0.05) is 30.8 Å². The van der Waals surface area contributed by atoms with Crippen molar-refractivity contribution in [3.05, 3.63) is 58.5 Å². The SMILES string of the molecule is Cc1ccnc(-n2c(SCC(=O)N3CCCC(C)C3)nc3ccccc3c2=O)c1. The minimum atomic E-state index is -0.171. The van der Waals surface area contributed by atoms with Crippen LogP contribution in [0.4, 0.5) is 0 Å². The first-order valence-electron chi connectivity index (χ1n) is 9.88. The largest absolute Gasteiger partial charge is 0.342 e. The van der Waals surface area contributed by atoms with Crippen molar-refractivity contribution in [3.8, 4) is 5.82 Å². The average Bonchev–Trinajstić information content (AvgIpc) is 2.72. The molecule has 1 aromatic carbocycles. The van der Waals surface area contributed by atoms with Crippen LogP contribution in [0.1, 0.15) is 25.3 Å². The van der Waals surface area contributed by atoms with Crippen LogP contribution in [0.2, 0.25) is 0 Å². The van der Waals surface area contributed by atoms with E-state index < -0.39 is 0 Å². The Kier molecular flexibility index (Phi) is 5.67. The number of para-hydroxylation sites is 1.